The lowest BCUT2D eigenvalue weighted by Gasteiger charge is -2.00. The van der Waals surface area contributed by atoms with Gasteiger partial charge in [0.05, 0.1) is 22.8 Å². The number of furan rings is 1. The molecule has 0 unspecified atom stereocenters. The number of nitrogens with zero attached hydrogens (tertiary/aromatic N) is 2. The van der Waals surface area contributed by atoms with Crippen LogP contribution in [0.15, 0.2) is 53.0 Å². The predicted molar refractivity (Wildman–Crippen MR) is 124 cm³/mol. The van der Waals surface area contributed by atoms with Gasteiger partial charge < -0.3 is 9.15 Å². The van der Waals surface area contributed by atoms with Gasteiger partial charge in [-0.2, -0.15) is 0 Å². The number of fused-ring (bicyclic) bond motifs is 1. The highest BCUT2D eigenvalue weighted by atomic mass is 35.5. The second-order valence-electron chi connectivity index (χ2n) is 6.76. The third-order valence-electron chi connectivity index (χ3n) is 4.59. The molecule has 0 aliphatic carbocycles. The van der Waals surface area contributed by atoms with E-state index >= 15 is 0 Å². The maximum Gasteiger partial charge on any atom is 0.274 e. The Hall–Kier alpha value is -3.69. The van der Waals surface area contributed by atoms with E-state index in [0.717, 1.165) is 22.5 Å². The first-order valence-electron chi connectivity index (χ1n) is 9.32. The van der Waals surface area contributed by atoms with Crippen LogP contribution < -0.4 is 10.1 Å². The second kappa shape index (κ2) is 8.81. The summed E-state index contributed by atoms with van der Waals surface area (Å²) in [6.45, 7) is 1.92. The van der Waals surface area contributed by atoms with Crippen molar-refractivity contribution < 1.29 is 18.9 Å². The van der Waals surface area contributed by atoms with Crippen molar-refractivity contribution in [2.45, 2.75) is 6.92 Å². The van der Waals surface area contributed by atoms with Crippen molar-refractivity contribution in [3.63, 3.8) is 0 Å². The van der Waals surface area contributed by atoms with Gasteiger partial charge in [-0.1, -0.05) is 35.1 Å². The molecule has 0 aliphatic heterocycles. The van der Waals surface area contributed by atoms with Crippen LogP contribution in [-0.2, 0) is 4.79 Å². The summed E-state index contributed by atoms with van der Waals surface area (Å²) in [6.07, 6.45) is 2.85. The molecular weight excluding hydrogens is 454 g/mol. The number of nitro groups is 1. The number of ether oxygens (including phenoxy) is 1. The summed E-state index contributed by atoms with van der Waals surface area (Å²) in [5, 5.41) is 14.7. The Kier molecular flexibility index (Phi) is 5.93. The Bertz CT molecular complexity index is 1380. The maximum absolute atomic E-state index is 12.3. The first kappa shape index (κ1) is 21.5. The molecular formula is C22H16ClN3O5S. The quantitative estimate of drug-likeness (QED) is 0.208. The number of thiazole rings is 1. The van der Waals surface area contributed by atoms with Gasteiger partial charge in [-0.05, 0) is 36.8 Å². The van der Waals surface area contributed by atoms with E-state index in [4.69, 9.17) is 20.8 Å². The number of halogens is 1. The first-order valence-corrected chi connectivity index (χ1v) is 10.5. The molecule has 8 nitrogen and oxygen atoms in total. The molecule has 2 aromatic heterocycles. The Morgan fingerprint density at radius 1 is 1.28 bits per heavy atom. The average Bonchev–Trinajstić information content (AvgIpc) is 3.40. The van der Waals surface area contributed by atoms with Gasteiger partial charge >= 0.3 is 0 Å². The molecule has 162 valence electrons. The lowest BCUT2D eigenvalue weighted by Crippen LogP contribution is -2.07. The lowest BCUT2D eigenvalue weighted by molar-refractivity contribution is -0.384. The Morgan fingerprint density at radius 3 is 2.81 bits per heavy atom. The van der Waals surface area contributed by atoms with Crippen molar-refractivity contribution in [3.8, 4) is 17.1 Å². The molecule has 0 spiro atoms. The molecule has 1 N–H and O–H groups in total. The third-order valence-corrected chi connectivity index (χ3v) is 5.91. The zero-order valence-corrected chi connectivity index (χ0v) is 18.5. The van der Waals surface area contributed by atoms with Crippen LogP contribution in [-0.4, -0.2) is 22.9 Å². The number of non-ortho nitro benzene ring substituents is 1. The number of carbonyl (C=O) groups excluding carboxylic acids is 1. The summed E-state index contributed by atoms with van der Waals surface area (Å²) in [7, 11) is 1.40. The van der Waals surface area contributed by atoms with Crippen LogP contribution in [0.5, 0.6) is 5.75 Å². The van der Waals surface area contributed by atoms with Crippen molar-refractivity contribution in [3.05, 3.63) is 75.0 Å². The van der Waals surface area contributed by atoms with Crippen LogP contribution in [0.3, 0.4) is 0 Å². The highest BCUT2D eigenvalue weighted by molar-refractivity contribution is 7.22. The fourth-order valence-corrected chi connectivity index (χ4v) is 4.05. The number of nitrogens with one attached hydrogen (secondary N) is 1. The highest BCUT2D eigenvalue weighted by Crippen LogP contribution is 2.36. The first-order chi connectivity index (χ1) is 15.3. The molecule has 0 fully saturated rings. The molecule has 32 heavy (non-hydrogen) atoms. The maximum atomic E-state index is 12.3. The number of benzene rings is 2. The molecule has 0 bridgehead atoms. The average molecular weight is 470 g/mol. The van der Waals surface area contributed by atoms with Crippen molar-refractivity contribution in [1.82, 2.24) is 4.98 Å². The van der Waals surface area contributed by atoms with Crippen molar-refractivity contribution in [2.24, 2.45) is 0 Å². The minimum absolute atomic E-state index is 0.112. The summed E-state index contributed by atoms with van der Waals surface area (Å²) in [5.74, 6) is 0.968. The predicted octanol–water partition coefficient (Wildman–Crippen LogP) is 6.09. The van der Waals surface area contributed by atoms with Crippen LogP contribution in [0.4, 0.5) is 10.8 Å². The van der Waals surface area contributed by atoms with E-state index in [0.29, 0.717) is 31.9 Å². The zero-order valence-electron chi connectivity index (χ0n) is 16.9. The van der Waals surface area contributed by atoms with Gasteiger partial charge in [0, 0.05) is 22.7 Å². The van der Waals surface area contributed by atoms with E-state index in [1.807, 2.05) is 25.1 Å². The second-order valence-corrected chi connectivity index (χ2v) is 8.20. The van der Waals surface area contributed by atoms with Gasteiger partial charge in [0.1, 0.15) is 17.0 Å². The highest BCUT2D eigenvalue weighted by Gasteiger charge is 2.17. The standard InChI is InChI=1S/C22H16ClN3O5S/c1-12-3-4-13(9-16(12)23)17-7-5-15(31-17)6-8-20(27)24-22-25-21-18(30-2)10-14(26(28)29)11-19(21)32-22/h3-11H,1-2H3,(H,24,25,27)/b8-6+. The van der Waals surface area contributed by atoms with Crippen LogP contribution in [0.2, 0.25) is 5.02 Å². The molecule has 2 aromatic carbocycles. The lowest BCUT2D eigenvalue weighted by atomic mass is 10.1. The molecule has 4 rings (SSSR count). The Labute approximate surface area is 191 Å². The minimum atomic E-state index is -0.509. The normalized spacial score (nSPS) is 11.2. The molecule has 0 atom stereocenters. The molecule has 0 saturated heterocycles. The summed E-state index contributed by atoms with van der Waals surface area (Å²) in [5.41, 5.74) is 2.14. The van der Waals surface area contributed by atoms with E-state index in [9.17, 15) is 14.9 Å². The largest absolute Gasteiger partial charge is 0.494 e. The summed E-state index contributed by atoms with van der Waals surface area (Å²) < 4.78 is 11.5. The fraction of sp³-hybridized carbons (Fsp3) is 0.0909. The summed E-state index contributed by atoms with van der Waals surface area (Å²) >= 11 is 7.28. The molecule has 2 heterocycles. The van der Waals surface area contributed by atoms with Crippen molar-refractivity contribution in [1.29, 1.82) is 0 Å². The van der Waals surface area contributed by atoms with Gasteiger partial charge in [-0.25, -0.2) is 4.98 Å². The van der Waals surface area contributed by atoms with Gasteiger partial charge in [-0.15, -0.1) is 0 Å². The van der Waals surface area contributed by atoms with E-state index in [2.05, 4.69) is 10.3 Å². The van der Waals surface area contributed by atoms with E-state index in [1.54, 1.807) is 12.1 Å². The van der Waals surface area contributed by atoms with Crippen molar-refractivity contribution in [2.75, 3.05) is 12.4 Å². The monoisotopic (exact) mass is 469 g/mol. The topological polar surface area (TPSA) is 108 Å². The number of anilines is 1. The van der Waals surface area contributed by atoms with Gasteiger partial charge in [-0.3, -0.25) is 20.2 Å². The zero-order chi connectivity index (χ0) is 22.8. The number of aryl methyl sites for hydroxylation is 1. The molecule has 1 amide bonds. The minimum Gasteiger partial charge on any atom is -0.494 e. The van der Waals surface area contributed by atoms with Crippen LogP contribution in [0.25, 0.3) is 27.6 Å². The Morgan fingerprint density at radius 2 is 2.09 bits per heavy atom. The summed E-state index contributed by atoms with van der Waals surface area (Å²) in [6, 6.07) is 11.9. The smallest absolute Gasteiger partial charge is 0.274 e. The number of hydrogen-bond acceptors (Lipinski definition) is 7. The van der Waals surface area contributed by atoms with E-state index in [1.165, 1.54) is 31.4 Å². The molecule has 4 aromatic rings. The molecule has 0 aliphatic rings. The summed E-state index contributed by atoms with van der Waals surface area (Å²) in [4.78, 5) is 27.2. The number of rotatable bonds is 6. The third kappa shape index (κ3) is 4.48. The molecule has 0 saturated carbocycles. The van der Waals surface area contributed by atoms with Crippen LogP contribution >= 0.6 is 22.9 Å². The van der Waals surface area contributed by atoms with E-state index < -0.39 is 10.8 Å². The van der Waals surface area contributed by atoms with Gasteiger partial charge in [0.2, 0.25) is 5.91 Å². The fourth-order valence-electron chi connectivity index (χ4n) is 2.95. The van der Waals surface area contributed by atoms with Crippen molar-refractivity contribution >= 4 is 56.0 Å². The van der Waals surface area contributed by atoms with Crippen LogP contribution in [0.1, 0.15) is 11.3 Å². The molecule has 0 radical (unpaired) electrons. The number of carbonyl (C=O) groups is 1. The number of hydrogen-bond donors (Lipinski definition) is 1. The Balaban J connectivity index is 1.49. The van der Waals surface area contributed by atoms with Crippen LogP contribution in [0, 0.1) is 17.0 Å². The number of methoxy groups -OCH3 is 1. The number of nitro benzene ring substituents is 1. The van der Waals surface area contributed by atoms with Gasteiger partial charge in [0.15, 0.2) is 10.9 Å². The number of aromatic nitrogens is 1. The number of amides is 1. The SMILES string of the molecule is COc1cc([N+](=O)[O-])cc2sc(NC(=O)/C=C/c3ccc(-c4ccc(C)c(Cl)c4)o3)nc12. The van der Waals surface area contributed by atoms with E-state index in [-0.39, 0.29) is 11.4 Å². The van der Waals surface area contributed by atoms with Gasteiger partial charge in [0.25, 0.3) is 5.69 Å². The molecule has 10 heteroatoms.